The topological polar surface area (TPSA) is 55.4 Å². The number of esters is 1. The first-order valence-corrected chi connectivity index (χ1v) is 10.4. The lowest BCUT2D eigenvalue weighted by Crippen LogP contribution is -2.26. The zero-order chi connectivity index (χ0) is 24.1. The van der Waals surface area contributed by atoms with Crippen molar-refractivity contribution in [3.63, 3.8) is 0 Å². The van der Waals surface area contributed by atoms with Crippen molar-refractivity contribution in [3.05, 3.63) is 64.4 Å². The van der Waals surface area contributed by atoms with Crippen molar-refractivity contribution in [1.82, 2.24) is 0 Å². The number of anilines is 1. The van der Waals surface area contributed by atoms with Gasteiger partial charge in [-0.15, -0.1) is 0 Å². The maximum atomic E-state index is 14.4. The molecule has 3 atom stereocenters. The van der Waals surface area contributed by atoms with Gasteiger partial charge in [0.15, 0.2) is 0 Å². The molecule has 2 aromatic rings. The lowest BCUT2D eigenvalue weighted by atomic mass is 9.88. The summed E-state index contributed by atoms with van der Waals surface area (Å²) in [7, 11) is 0. The van der Waals surface area contributed by atoms with Crippen LogP contribution in [-0.4, -0.2) is 24.7 Å². The molecule has 0 bridgehead atoms. The smallest absolute Gasteiger partial charge is 0.390 e. The molecule has 2 unspecified atom stereocenters. The molecule has 1 amide bonds. The summed E-state index contributed by atoms with van der Waals surface area (Å²) in [5, 5.41) is 2.58. The first-order valence-electron chi connectivity index (χ1n) is 10.0. The SMILES string of the molecule is CCOC(=O)C(C)C(C)c1ccc(F)c(NC(=O)[C@@H](CC(F)(F)F)c2ccc(Cl)cc2)c1. The molecule has 0 aliphatic heterocycles. The van der Waals surface area contributed by atoms with Gasteiger partial charge in [0.25, 0.3) is 0 Å². The van der Waals surface area contributed by atoms with Gasteiger partial charge in [0, 0.05) is 5.02 Å². The minimum absolute atomic E-state index is 0.102. The van der Waals surface area contributed by atoms with Crippen molar-refractivity contribution in [2.75, 3.05) is 11.9 Å². The molecule has 32 heavy (non-hydrogen) atoms. The largest absolute Gasteiger partial charge is 0.466 e. The number of hydrogen-bond donors (Lipinski definition) is 1. The van der Waals surface area contributed by atoms with Gasteiger partial charge in [0.2, 0.25) is 5.91 Å². The summed E-state index contributed by atoms with van der Waals surface area (Å²) in [6, 6.07) is 9.29. The molecule has 0 heterocycles. The van der Waals surface area contributed by atoms with Crippen LogP contribution in [0.15, 0.2) is 42.5 Å². The number of carbonyl (C=O) groups excluding carboxylic acids is 2. The Morgan fingerprint density at radius 3 is 2.22 bits per heavy atom. The first-order chi connectivity index (χ1) is 14.9. The average Bonchev–Trinajstić information content (AvgIpc) is 2.72. The third kappa shape index (κ3) is 6.95. The normalized spacial score (nSPS) is 14.4. The van der Waals surface area contributed by atoms with Crippen molar-refractivity contribution in [1.29, 1.82) is 0 Å². The number of benzene rings is 2. The van der Waals surface area contributed by atoms with Crippen LogP contribution >= 0.6 is 11.6 Å². The minimum Gasteiger partial charge on any atom is -0.466 e. The summed E-state index contributed by atoms with van der Waals surface area (Å²) >= 11 is 5.79. The second-order valence-corrected chi connectivity index (χ2v) is 7.92. The van der Waals surface area contributed by atoms with E-state index in [1.165, 1.54) is 36.4 Å². The number of amides is 1. The third-order valence-corrected chi connectivity index (χ3v) is 5.46. The van der Waals surface area contributed by atoms with E-state index in [0.29, 0.717) is 10.6 Å². The van der Waals surface area contributed by atoms with Gasteiger partial charge in [-0.1, -0.05) is 43.6 Å². The number of halogens is 5. The molecule has 0 aromatic heterocycles. The number of alkyl halides is 3. The number of hydrogen-bond acceptors (Lipinski definition) is 3. The molecule has 0 aliphatic carbocycles. The molecule has 9 heteroatoms. The van der Waals surface area contributed by atoms with Crippen LogP contribution in [0, 0.1) is 11.7 Å². The Kier molecular flexibility index (Phi) is 8.66. The van der Waals surface area contributed by atoms with Crippen molar-refractivity contribution in [2.24, 2.45) is 5.92 Å². The summed E-state index contributed by atoms with van der Waals surface area (Å²) in [5.74, 6) is -4.76. The van der Waals surface area contributed by atoms with E-state index >= 15 is 0 Å². The first kappa shape index (κ1) is 25.6. The summed E-state index contributed by atoms with van der Waals surface area (Å²) in [6.07, 6.45) is -6.04. The summed E-state index contributed by atoms with van der Waals surface area (Å²) < 4.78 is 58.8. The van der Waals surface area contributed by atoms with E-state index in [4.69, 9.17) is 16.3 Å². The highest BCUT2D eigenvalue weighted by Gasteiger charge is 2.36. The second kappa shape index (κ2) is 10.8. The molecule has 2 rings (SSSR count). The molecule has 1 N–H and O–H groups in total. The van der Waals surface area contributed by atoms with Crippen LogP contribution in [0.4, 0.5) is 23.2 Å². The van der Waals surface area contributed by atoms with E-state index in [1.54, 1.807) is 20.8 Å². The van der Waals surface area contributed by atoms with Gasteiger partial charge in [0.1, 0.15) is 5.82 Å². The molecule has 0 fully saturated rings. The molecule has 0 saturated carbocycles. The zero-order valence-electron chi connectivity index (χ0n) is 17.8. The summed E-state index contributed by atoms with van der Waals surface area (Å²) in [5.41, 5.74) is 0.364. The van der Waals surface area contributed by atoms with Gasteiger partial charge in [-0.05, 0) is 48.2 Å². The lowest BCUT2D eigenvalue weighted by molar-refractivity contribution is -0.148. The molecule has 0 saturated heterocycles. The molecule has 0 aliphatic rings. The van der Waals surface area contributed by atoms with E-state index in [2.05, 4.69) is 5.32 Å². The van der Waals surface area contributed by atoms with Gasteiger partial charge in [-0.2, -0.15) is 13.2 Å². The van der Waals surface area contributed by atoms with Gasteiger partial charge in [-0.3, -0.25) is 9.59 Å². The Labute approximate surface area is 188 Å². The third-order valence-electron chi connectivity index (χ3n) is 5.21. The molecular formula is C23H24ClF4NO3. The Morgan fingerprint density at radius 1 is 1.06 bits per heavy atom. The molecule has 2 aromatic carbocycles. The van der Waals surface area contributed by atoms with Gasteiger partial charge >= 0.3 is 12.1 Å². The minimum atomic E-state index is -4.62. The quantitative estimate of drug-likeness (QED) is 0.354. The summed E-state index contributed by atoms with van der Waals surface area (Å²) in [4.78, 5) is 24.8. The molecule has 0 radical (unpaired) electrons. The fourth-order valence-corrected chi connectivity index (χ4v) is 3.32. The average molecular weight is 474 g/mol. The van der Waals surface area contributed by atoms with Crippen LogP contribution in [-0.2, 0) is 14.3 Å². The monoisotopic (exact) mass is 473 g/mol. The Balaban J connectivity index is 2.30. The van der Waals surface area contributed by atoms with Crippen molar-refractivity contribution in [2.45, 2.75) is 45.2 Å². The van der Waals surface area contributed by atoms with Crippen molar-refractivity contribution >= 4 is 29.2 Å². The number of rotatable bonds is 8. The fourth-order valence-electron chi connectivity index (χ4n) is 3.20. The maximum absolute atomic E-state index is 14.4. The van der Waals surface area contributed by atoms with E-state index in [0.717, 1.165) is 6.07 Å². The Morgan fingerprint density at radius 2 is 1.66 bits per heavy atom. The molecule has 0 spiro atoms. The predicted octanol–water partition coefficient (Wildman–Crippen LogP) is 6.46. The van der Waals surface area contributed by atoms with Crippen LogP contribution in [0.3, 0.4) is 0 Å². The predicted molar refractivity (Wildman–Crippen MR) is 114 cm³/mol. The second-order valence-electron chi connectivity index (χ2n) is 7.48. The van der Waals surface area contributed by atoms with Crippen LogP contribution in [0.25, 0.3) is 0 Å². The number of carbonyl (C=O) groups is 2. The van der Waals surface area contributed by atoms with Crippen molar-refractivity contribution < 1.29 is 31.9 Å². The molecule has 174 valence electrons. The van der Waals surface area contributed by atoms with E-state index in [1.807, 2.05) is 0 Å². The van der Waals surface area contributed by atoms with Crippen LogP contribution in [0.2, 0.25) is 5.02 Å². The number of nitrogens with one attached hydrogen (secondary N) is 1. The highest BCUT2D eigenvalue weighted by Crippen LogP contribution is 2.34. The van der Waals surface area contributed by atoms with Crippen LogP contribution in [0.5, 0.6) is 0 Å². The van der Waals surface area contributed by atoms with E-state index < -0.39 is 42.1 Å². The standard InChI is InChI=1S/C23H24ClF4NO3/c1-4-32-22(31)14(3)13(2)16-7-10-19(25)20(11-16)29-21(30)18(12-23(26,27)28)15-5-8-17(24)9-6-15/h5-11,13-14,18H,4,12H2,1-3H3,(H,29,30)/t13?,14?,18-/m0/s1. The molecule has 4 nitrogen and oxygen atoms in total. The van der Waals surface area contributed by atoms with Gasteiger partial charge in [-0.25, -0.2) is 4.39 Å². The summed E-state index contributed by atoms with van der Waals surface area (Å²) in [6.45, 7) is 5.29. The Bertz CT molecular complexity index is 947. The lowest BCUT2D eigenvalue weighted by Gasteiger charge is -2.21. The van der Waals surface area contributed by atoms with E-state index in [-0.39, 0.29) is 23.8 Å². The number of ether oxygens (including phenoxy) is 1. The van der Waals surface area contributed by atoms with E-state index in [9.17, 15) is 27.2 Å². The van der Waals surface area contributed by atoms with Crippen molar-refractivity contribution in [3.8, 4) is 0 Å². The maximum Gasteiger partial charge on any atom is 0.390 e. The fraction of sp³-hybridized carbons (Fsp3) is 0.391. The zero-order valence-corrected chi connectivity index (χ0v) is 18.6. The van der Waals surface area contributed by atoms with Gasteiger partial charge < -0.3 is 10.1 Å². The molecular weight excluding hydrogens is 450 g/mol. The van der Waals surface area contributed by atoms with Crippen LogP contribution in [0.1, 0.15) is 50.2 Å². The highest BCUT2D eigenvalue weighted by molar-refractivity contribution is 6.30. The van der Waals surface area contributed by atoms with Crippen LogP contribution < -0.4 is 5.32 Å². The highest BCUT2D eigenvalue weighted by atomic mass is 35.5. The van der Waals surface area contributed by atoms with Gasteiger partial charge in [0.05, 0.1) is 30.6 Å². The Hall–Kier alpha value is -2.61.